The fourth-order valence-corrected chi connectivity index (χ4v) is 3.37. The van der Waals surface area contributed by atoms with Crippen LogP contribution < -0.4 is 9.13 Å². The van der Waals surface area contributed by atoms with E-state index in [1.165, 1.54) is 34.4 Å². The molecule has 0 atom stereocenters. The van der Waals surface area contributed by atoms with Gasteiger partial charge in [0.15, 0.2) is 0 Å². The van der Waals surface area contributed by atoms with Crippen molar-refractivity contribution < 1.29 is 9.13 Å². The highest BCUT2D eigenvalue weighted by Gasteiger charge is 2.24. The third kappa shape index (κ3) is 2.32. The standard InChI is InChI=1S/C18H28N4/c1-9-19-13(3)15(5)21(17(19)7)11-12-22-16(6)14(4)20(10-2)18(22)8/h9-10H,1-2,11-12H2,3-8H3/q+2. The average molecular weight is 300 g/mol. The Kier molecular flexibility index (Phi) is 4.40. The molecule has 0 aliphatic heterocycles. The lowest BCUT2D eigenvalue weighted by Crippen LogP contribution is -2.48. The molecule has 2 aromatic rings. The predicted octanol–water partition coefficient (Wildman–Crippen LogP) is 2.62. The van der Waals surface area contributed by atoms with Crippen molar-refractivity contribution in [3.05, 3.63) is 47.6 Å². The van der Waals surface area contributed by atoms with Gasteiger partial charge in [-0.25, -0.2) is 18.3 Å². The highest BCUT2D eigenvalue weighted by Crippen LogP contribution is 2.09. The van der Waals surface area contributed by atoms with E-state index in [-0.39, 0.29) is 0 Å². The summed E-state index contributed by atoms with van der Waals surface area (Å²) in [6, 6.07) is 0. The van der Waals surface area contributed by atoms with E-state index in [9.17, 15) is 0 Å². The van der Waals surface area contributed by atoms with Gasteiger partial charge in [0.2, 0.25) is 0 Å². The Morgan fingerprint density at radius 2 is 1.05 bits per heavy atom. The molecule has 0 N–H and O–H groups in total. The molecule has 0 amide bonds. The molecule has 0 fully saturated rings. The van der Waals surface area contributed by atoms with E-state index in [0.29, 0.717) is 0 Å². The SMILES string of the molecule is C=Cn1c(C)c(C)[n+](CC[n+]2c(C)c(C)n(C=C)c2C)c1C. The normalized spacial score (nSPS) is 11.0. The summed E-state index contributed by atoms with van der Waals surface area (Å²) in [4.78, 5) is 0. The molecule has 2 aromatic heterocycles. The first-order chi connectivity index (χ1) is 10.3. The number of nitrogens with zero attached hydrogens (tertiary/aromatic N) is 4. The smallest absolute Gasteiger partial charge is 0.227 e. The molecule has 2 heterocycles. The molecule has 0 bridgehead atoms. The fraction of sp³-hybridized carbons (Fsp3) is 0.444. The largest absolute Gasteiger partial charge is 0.258 e. The number of aromatic nitrogens is 4. The van der Waals surface area contributed by atoms with Gasteiger partial charge in [-0.3, -0.25) is 0 Å². The van der Waals surface area contributed by atoms with E-state index in [1.807, 2.05) is 12.4 Å². The van der Waals surface area contributed by atoms with Gasteiger partial charge in [0.1, 0.15) is 35.9 Å². The predicted molar refractivity (Wildman–Crippen MR) is 90.5 cm³/mol. The van der Waals surface area contributed by atoms with Crippen LogP contribution in [0.4, 0.5) is 0 Å². The Morgan fingerprint density at radius 1 is 0.727 bits per heavy atom. The Hall–Kier alpha value is -2.10. The molecular weight excluding hydrogens is 272 g/mol. The second kappa shape index (κ2) is 5.95. The molecule has 0 spiro atoms. The van der Waals surface area contributed by atoms with Crippen LogP contribution in [0.25, 0.3) is 12.4 Å². The molecule has 0 radical (unpaired) electrons. The van der Waals surface area contributed by atoms with Gasteiger partial charge in [0, 0.05) is 41.5 Å². The van der Waals surface area contributed by atoms with Crippen molar-refractivity contribution in [2.75, 3.05) is 0 Å². The summed E-state index contributed by atoms with van der Waals surface area (Å²) >= 11 is 0. The zero-order chi connectivity index (χ0) is 16.6. The van der Waals surface area contributed by atoms with E-state index in [1.54, 1.807) is 0 Å². The van der Waals surface area contributed by atoms with Gasteiger partial charge >= 0.3 is 0 Å². The van der Waals surface area contributed by atoms with Crippen LogP contribution in [0.2, 0.25) is 0 Å². The molecule has 4 nitrogen and oxygen atoms in total. The number of hydrogen-bond donors (Lipinski definition) is 0. The van der Waals surface area contributed by atoms with Crippen molar-refractivity contribution in [3.63, 3.8) is 0 Å². The van der Waals surface area contributed by atoms with Gasteiger partial charge in [-0.2, -0.15) is 0 Å². The number of imidazole rings is 2. The highest BCUT2D eigenvalue weighted by atomic mass is 15.2. The van der Waals surface area contributed by atoms with Crippen LogP contribution in [-0.2, 0) is 13.1 Å². The maximum absolute atomic E-state index is 3.91. The Morgan fingerprint density at radius 3 is 1.27 bits per heavy atom. The van der Waals surface area contributed by atoms with Crippen LogP contribution in [0.5, 0.6) is 0 Å². The van der Waals surface area contributed by atoms with Crippen LogP contribution >= 0.6 is 0 Å². The highest BCUT2D eigenvalue weighted by molar-refractivity contribution is 5.25. The van der Waals surface area contributed by atoms with Crippen LogP contribution in [0.3, 0.4) is 0 Å². The molecule has 0 saturated heterocycles. The first-order valence-corrected chi connectivity index (χ1v) is 7.75. The van der Waals surface area contributed by atoms with Crippen molar-refractivity contribution in [1.82, 2.24) is 9.13 Å². The molecule has 0 aromatic carbocycles. The summed E-state index contributed by atoms with van der Waals surface area (Å²) in [7, 11) is 0. The van der Waals surface area contributed by atoms with Crippen LogP contribution in [0, 0.1) is 41.5 Å². The topological polar surface area (TPSA) is 17.6 Å². The van der Waals surface area contributed by atoms with Crippen LogP contribution in [0.1, 0.15) is 34.4 Å². The van der Waals surface area contributed by atoms with Crippen molar-refractivity contribution in [3.8, 4) is 0 Å². The number of hydrogen-bond acceptors (Lipinski definition) is 0. The van der Waals surface area contributed by atoms with Crippen molar-refractivity contribution >= 4 is 12.4 Å². The van der Waals surface area contributed by atoms with Crippen molar-refractivity contribution in [1.29, 1.82) is 0 Å². The third-order valence-electron chi connectivity index (χ3n) is 4.97. The zero-order valence-electron chi connectivity index (χ0n) is 14.8. The monoisotopic (exact) mass is 300 g/mol. The zero-order valence-corrected chi connectivity index (χ0v) is 14.8. The van der Waals surface area contributed by atoms with E-state index < -0.39 is 0 Å². The fourth-order valence-electron chi connectivity index (χ4n) is 3.37. The lowest BCUT2D eigenvalue weighted by Gasteiger charge is -2.02. The Balaban J connectivity index is 2.36. The Bertz CT molecular complexity index is 680. The Labute approximate surface area is 133 Å². The van der Waals surface area contributed by atoms with Gasteiger partial charge < -0.3 is 0 Å². The van der Waals surface area contributed by atoms with E-state index >= 15 is 0 Å². The van der Waals surface area contributed by atoms with Gasteiger partial charge in [-0.15, -0.1) is 0 Å². The molecule has 4 heteroatoms. The molecular formula is C18H28N4+2. The van der Waals surface area contributed by atoms with Crippen molar-refractivity contribution in [2.45, 2.75) is 54.6 Å². The van der Waals surface area contributed by atoms with Gasteiger partial charge in [-0.1, -0.05) is 13.2 Å². The summed E-state index contributed by atoms with van der Waals surface area (Å²) < 4.78 is 9.03. The van der Waals surface area contributed by atoms with Gasteiger partial charge in [0.25, 0.3) is 11.6 Å². The summed E-state index contributed by atoms with van der Waals surface area (Å²) in [6.45, 7) is 22.6. The molecule has 22 heavy (non-hydrogen) atoms. The van der Waals surface area contributed by atoms with E-state index in [2.05, 4.69) is 73.0 Å². The minimum atomic E-state index is 0.951. The van der Waals surface area contributed by atoms with Crippen molar-refractivity contribution in [2.24, 2.45) is 0 Å². The summed E-state index contributed by atoms with van der Waals surface area (Å²) in [6.07, 6.45) is 3.77. The third-order valence-corrected chi connectivity index (χ3v) is 4.97. The first kappa shape index (κ1) is 16.3. The molecule has 0 aliphatic rings. The lowest BCUT2D eigenvalue weighted by molar-refractivity contribution is -0.787. The molecule has 0 aliphatic carbocycles. The van der Waals surface area contributed by atoms with E-state index in [4.69, 9.17) is 0 Å². The van der Waals surface area contributed by atoms with Gasteiger partial charge in [-0.05, 0) is 0 Å². The molecule has 118 valence electrons. The summed E-state index contributed by atoms with van der Waals surface area (Å²) in [5.41, 5.74) is 5.11. The maximum Gasteiger partial charge on any atom is 0.258 e. The van der Waals surface area contributed by atoms with E-state index in [0.717, 1.165) is 13.1 Å². The van der Waals surface area contributed by atoms with Crippen LogP contribution in [0.15, 0.2) is 13.2 Å². The average Bonchev–Trinajstić information content (AvgIpc) is 2.82. The minimum absolute atomic E-state index is 0.951. The lowest BCUT2D eigenvalue weighted by atomic mass is 10.3. The second-order valence-electron chi connectivity index (χ2n) is 5.84. The number of rotatable bonds is 5. The molecule has 0 saturated carbocycles. The second-order valence-corrected chi connectivity index (χ2v) is 5.84. The molecule has 2 rings (SSSR count). The summed E-state index contributed by atoms with van der Waals surface area (Å²) in [5, 5.41) is 0. The van der Waals surface area contributed by atoms with Gasteiger partial charge in [0.05, 0.1) is 12.4 Å². The first-order valence-electron chi connectivity index (χ1n) is 7.75. The maximum atomic E-state index is 3.91. The molecule has 0 unspecified atom stereocenters. The summed E-state index contributed by atoms with van der Waals surface area (Å²) in [5.74, 6) is 2.45. The minimum Gasteiger partial charge on any atom is -0.227 e. The van der Waals surface area contributed by atoms with Crippen LogP contribution in [-0.4, -0.2) is 9.13 Å². The quantitative estimate of drug-likeness (QED) is 0.756.